The molecule has 6 nitrogen and oxygen atoms in total. The number of hydrogen-bond donors (Lipinski definition) is 0. The number of benzene rings is 2. The third kappa shape index (κ3) is 4.40. The number of nitriles is 1. The van der Waals surface area contributed by atoms with Crippen LogP contribution in [0.3, 0.4) is 0 Å². The van der Waals surface area contributed by atoms with Crippen molar-refractivity contribution in [2.24, 2.45) is 0 Å². The summed E-state index contributed by atoms with van der Waals surface area (Å²) in [6.07, 6.45) is -4.36. The van der Waals surface area contributed by atoms with Crippen molar-refractivity contribution in [1.82, 2.24) is 4.90 Å². The van der Waals surface area contributed by atoms with Gasteiger partial charge in [0.25, 0.3) is 5.69 Å². The highest BCUT2D eigenvalue weighted by Gasteiger charge is 2.30. The van der Waals surface area contributed by atoms with Gasteiger partial charge in [0.05, 0.1) is 21.7 Å². The molecule has 146 valence electrons. The van der Waals surface area contributed by atoms with E-state index in [-0.39, 0.29) is 11.3 Å². The Morgan fingerprint density at radius 3 is 2.43 bits per heavy atom. The van der Waals surface area contributed by atoms with Crippen molar-refractivity contribution in [3.8, 4) is 6.07 Å². The van der Waals surface area contributed by atoms with Gasteiger partial charge in [-0.3, -0.25) is 15.0 Å². The summed E-state index contributed by atoms with van der Waals surface area (Å²) < 4.78 is 38.5. The molecule has 1 aliphatic rings. The van der Waals surface area contributed by atoms with Gasteiger partial charge < -0.3 is 4.90 Å². The fourth-order valence-corrected chi connectivity index (χ4v) is 3.25. The van der Waals surface area contributed by atoms with Gasteiger partial charge in [0, 0.05) is 44.9 Å². The summed E-state index contributed by atoms with van der Waals surface area (Å²) in [5, 5.41) is 20.2. The molecule has 1 heterocycles. The lowest BCUT2D eigenvalue weighted by molar-refractivity contribution is -0.384. The largest absolute Gasteiger partial charge is 0.416 e. The third-order valence-electron chi connectivity index (χ3n) is 4.68. The van der Waals surface area contributed by atoms with Crippen LogP contribution in [0.1, 0.15) is 16.7 Å². The van der Waals surface area contributed by atoms with Gasteiger partial charge in [-0.1, -0.05) is 18.2 Å². The van der Waals surface area contributed by atoms with E-state index in [2.05, 4.69) is 0 Å². The first-order valence-electron chi connectivity index (χ1n) is 8.60. The summed E-state index contributed by atoms with van der Waals surface area (Å²) in [5.41, 5.74) is 0.667. The maximum Gasteiger partial charge on any atom is 0.416 e. The third-order valence-corrected chi connectivity index (χ3v) is 4.68. The zero-order valence-electron chi connectivity index (χ0n) is 14.8. The molecular formula is C19H17F3N4O2. The lowest BCUT2D eigenvalue weighted by atomic mass is 10.1. The van der Waals surface area contributed by atoms with Crippen molar-refractivity contribution in [3.05, 3.63) is 69.3 Å². The van der Waals surface area contributed by atoms with Gasteiger partial charge in [-0.05, 0) is 17.7 Å². The lowest BCUT2D eigenvalue weighted by Gasteiger charge is -2.36. The number of rotatable bonds is 4. The Morgan fingerprint density at radius 1 is 1.11 bits per heavy atom. The van der Waals surface area contributed by atoms with E-state index in [1.54, 1.807) is 12.1 Å². The van der Waals surface area contributed by atoms with Crippen LogP contribution in [0.5, 0.6) is 0 Å². The summed E-state index contributed by atoms with van der Waals surface area (Å²) in [6.45, 7) is 2.77. The predicted octanol–water partition coefficient (Wildman–Crippen LogP) is 3.81. The van der Waals surface area contributed by atoms with Gasteiger partial charge in [-0.25, -0.2) is 0 Å². The molecule has 0 amide bonds. The number of hydrogen-bond acceptors (Lipinski definition) is 5. The van der Waals surface area contributed by atoms with Gasteiger partial charge in [0.1, 0.15) is 6.07 Å². The Labute approximate surface area is 159 Å². The van der Waals surface area contributed by atoms with Gasteiger partial charge in [-0.15, -0.1) is 0 Å². The van der Waals surface area contributed by atoms with Gasteiger partial charge in [0.15, 0.2) is 0 Å². The molecule has 2 aromatic rings. The van der Waals surface area contributed by atoms with Crippen LogP contribution in [0.25, 0.3) is 0 Å². The summed E-state index contributed by atoms with van der Waals surface area (Å²) in [7, 11) is 0. The first kappa shape index (κ1) is 19.6. The van der Waals surface area contributed by atoms with E-state index in [1.165, 1.54) is 18.2 Å². The van der Waals surface area contributed by atoms with E-state index in [0.29, 0.717) is 44.0 Å². The molecule has 0 saturated carbocycles. The number of alkyl halides is 3. The number of anilines is 1. The smallest absolute Gasteiger partial charge is 0.368 e. The maximum absolute atomic E-state index is 12.8. The van der Waals surface area contributed by atoms with E-state index >= 15 is 0 Å². The maximum atomic E-state index is 12.8. The number of nitrogens with zero attached hydrogens (tertiary/aromatic N) is 4. The van der Waals surface area contributed by atoms with E-state index in [1.807, 2.05) is 15.9 Å². The Kier molecular flexibility index (Phi) is 5.51. The van der Waals surface area contributed by atoms with Gasteiger partial charge >= 0.3 is 6.18 Å². The zero-order chi connectivity index (χ0) is 20.3. The van der Waals surface area contributed by atoms with E-state index in [0.717, 1.165) is 12.1 Å². The van der Waals surface area contributed by atoms with Gasteiger partial charge in [-0.2, -0.15) is 18.4 Å². The van der Waals surface area contributed by atoms with Crippen molar-refractivity contribution in [2.75, 3.05) is 31.1 Å². The fraction of sp³-hybridized carbons (Fsp3) is 0.316. The number of non-ortho nitro benzene ring substituents is 1. The highest BCUT2D eigenvalue weighted by molar-refractivity contribution is 5.63. The average molecular weight is 390 g/mol. The zero-order valence-corrected chi connectivity index (χ0v) is 14.8. The molecule has 1 fully saturated rings. The molecule has 2 aromatic carbocycles. The monoisotopic (exact) mass is 390 g/mol. The second-order valence-corrected chi connectivity index (χ2v) is 6.53. The fourth-order valence-electron chi connectivity index (χ4n) is 3.25. The van der Waals surface area contributed by atoms with Crippen LogP contribution in [0, 0.1) is 21.4 Å². The molecule has 1 saturated heterocycles. The summed E-state index contributed by atoms with van der Waals surface area (Å²) in [5.74, 6) is 0. The van der Waals surface area contributed by atoms with Crippen LogP contribution in [0.2, 0.25) is 0 Å². The predicted molar refractivity (Wildman–Crippen MR) is 96.7 cm³/mol. The molecule has 0 atom stereocenters. The molecule has 0 spiro atoms. The number of piperazine rings is 1. The Balaban J connectivity index is 1.66. The van der Waals surface area contributed by atoms with Crippen molar-refractivity contribution >= 4 is 11.4 Å². The molecule has 0 bridgehead atoms. The molecule has 0 aromatic heterocycles. The Bertz CT molecular complexity index is 916. The first-order valence-corrected chi connectivity index (χ1v) is 8.60. The lowest BCUT2D eigenvalue weighted by Crippen LogP contribution is -2.46. The minimum Gasteiger partial charge on any atom is -0.368 e. The molecule has 9 heteroatoms. The van der Waals surface area contributed by atoms with Gasteiger partial charge in [0.2, 0.25) is 0 Å². The van der Waals surface area contributed by atoms with Crippen molar-refractivity contribution in [1.29, 1.82) is 5.26 Å². The van der Waals surface area contributed by atoms with Crippen LogP contribution in [0.4, 0.5) is 24.5 Å². The Hall–Kier alpha value is -3.12. The summed E-state index contributed by atoms with van der Waals surface area (Å²) in [4.78, 5) is 14.3. The quantitative estimate of drug-likeness (QED) is 0.586. The molecule has 3 rings (SSSR count). The van der Waals surface area contributed by atoms with E-state index in [4.69, 9.17) is 0 Å². The van der Waals surface area contributed by atoms with Crippen LogP contribution in [-0.2, 0) is 12.7 Å². The number of nitro groups is 1. The number of nitro benzene ring substituents is 1. The van der Waals surface area contributed by atoms with Crippen LogP contribution >= 0.6 is 0 Å². The molecule has 28 heavy (non-hydrogen) atoms. The van der Waals surface area contributed by atoms with Crippen molar-refractivity contribution in [2.45, 2.75) is 12.7 Å². The minimum absolute atomic E-state index is 0.136. The van der Waals surface area contributed by atoms with Crippen LogP contribution < -0.4 is 4.90 Å². The second kappa shape index (κ2) is 7.86. The first-order chi connectivity index (χ1) is 13.3. The highest BCUT2D eigenvalue weighted by Crippen LogP contribution is 2.30. The van der Waals surface area contributed by atoms with Crippen molar-refractivity contribution < 1.29 is 18.1 Å². The average Bonchev–Trinajstić information content (AvgIpc) is 2.67. The number of halogens is 3. The summed E-state index contributed by atoms with van der Waals surface area (Å²) in [6, 6.07) is 11.5. The van der Waals surface area contributed by atoms with Crippen LogP contribution in [0.15, 0.2) is 42.5 Å². The SMILES string of the molecule is N#Cc1cc([N+](=O)[O-])ccc1N1CCN(Cc2cccc(C(F)(F)F)c2)CC1. The molecule has 0 radical (unpaired) electrons. The normalized spacial score (nSPS) is 15.3. The molecular weight excluding hydrogens is 373 g/mol. The standard InChI is InChI=1S/C19H17F3N4O2/c20-19(21,22)16-3-1-2-14(10-16)13-24-6-8-25(9-7-24)18-5-4-17(26(27)28)11-15(18)12-23/h1-5,10-11H,6-9,13H2. The molecule has 1 aliphatic heterocycles. The second-order valence-electron chi connectivity index (χ2n) is 6.53. The van der Waals surface area contributed by atoms with E-state index in [9.17, 15) is 28.5 Å². The molecule has 0 unspecified atom stereocenters. The topological polar surface area (TPSA) is 73.4 Å². The molecule has 0 N–H and O–H groups in total. The summed E-state index contributed by atoms with van der Waals surface area (Å²) >= 11 is 0. The minimum atomic E-state index is -4.36. The van der Waals surface area contributed by atoms with E-state index < -0.39 is 16.7 Å². The molecule has 0 aliphatic carbocycles. The van der Waals surface area contributed by atoms with Crippen molar-refractivity contribution in [3.63, 3.8) is 0 Å². The Morgan fingerprint density at radius 2 is 1.82 bits per heavy atom. The highest BCUT2D eigenvalue weighted by atomic mass is 19.4. The van der Waals surface area contributed by atoms with Crippen LogP contribution in [-0.4, -0.2) is 36.0 Å².